The second-order valence-electron chi connectivity index (χ2n) is 3.69. The fourth-order valence-corrected chi connectivity index (χ4v) is 2.01. The molecule has 0 aliphatic heterocycles. The fourth-order valence-electron chi connectivity index (χ4n) is 1.60. The summed E-state index contributed by atoms with van der Waals surface area (Å²) in [5.74, 6) is 0.0421. The van der Waals surface area contributed by atoms with Crippen LogP contribution < -0.4 is 0 Å². The molecule has 0 aromatic heterocycles. The Morgan fingerprint density at radius 2 is 2.06 bits per heavy atom. The van der Waals surface area contributed by atoms with Crippen LogP contribution in [-0.4, -0.2) is 29.3 Å². The van der Waals surface area contributed by atoms with Crippen LogP contribution in [0.4, 0.5) is 0 Å². The van der Waals surface area contributed by atoms with Crippen molar-refractivity contribution in [1.29, 1.82) is 0 Å². The molecule has 0 amide bonds. The minimum Gasteiger partial charge on any atom is -0.299 e. The van der Waals surface area contributed by atoms with Crippen molar-refractivity contribution < 1.29 is 9.72 Å². The Balaban J connectivity index is 2.80. The van der Waals surface area contributed by atoms with Gasteiger partial charge in [0.2, 0.25) is 6.54 Å². The number of hydrogen-bond acceptors (Lipinski definition) is 4. The van der Waals surface area contributed by atoms with Crippen LogP contribution in [0.2, 0.25) is 0 Å². The quantitative estimate of drug-likeness (QED) is 0.553. The highest BCUT2D eigenvalue weighted by Crippen LogP contribution is 2.19. The first kappa shape index (κ1) is 13.7. The highest BCUT2D eigenvalue weighted by atomic mass is 32.2. The Bertz CT molecular complexity index is 381. The predicted molar refractivity (Wildman–Crippen MR) is 69.1 cm³/mol. The lowest BCUT2D eigenvalue weighted by molar-refractivity contribution is -0.481. The van der Waals surface area contributed by atoms with Gasteiger partial charge in [-0.05, 0) is 17.6 Å². The maximum Gasteiger partial charge on any atom is 0.217 e. The molecule has 92 valence electrons. The summed E-state index contributed by atoms with van der Waals surface area (Å²) in [5.41, 5.74) is 0.732. The molecule has 0 aliphatic rings. The molecule has 0 unspecified atom stereocenters. The van der Waals surface area contributed by atoms with Gasteiger partial charge >= 0.3 is 0 Å². The van der Waals surface area contributed by atoms with Crippen molar-refractivity contribution in [3.05, 3.63) is 46.0 Å². The molecule has 0 spiro atoms. The fraction of sp³-hybridized carbons (Fsp3) is 0.417. The van der Waals surface area contributed by atoms with Gasteiger partial charge in [0.25, 0.3) is 0 Å². The molecule has 1 aromatic carbocycles. The molecule has 17 heavy (non-hydrogen) atoms. The van der Waals surface area contributed by atoms with Crippen molar-refractivity contribution in [3.8, 4) is 0 Å². The van der Waals surface area contributed by atoms with E-state index < -0.39 is 10.8 Å². The molecule has 1 rings (SSSR count). The SMILES string of the molecule is CSCCC(=O)[C@@H](C[N+](=O)[O-])c1ccccc1. The highest BCUT2D eigenvalue weighted by molar-refractivity contribution is 7.98. The molecule has 1 atom stereocenters. The summed E-state index contributed by atoms with van der Waals surface area (Å²) < 4.78 is 0. The third kappa shape index (κ3) is 4.56. The number of nitro groups is 1. The first-order chi connectivity index (χ1) is 8.15. The second-order valence-corrected chi connectivity index (χ2v) is 4.67. The van der Waals surface area contributed by atoms with Crippen molar-refractivity contribution in [2.24, 2.45) is 0 Å². The van der Waals surface area contributed by atoms with Gasteiger partial charge in [-0.1, -0.05) is 30.3 Å². The molecule has 0 bridgehead atoms. The Morgan fingerprint density at radius 1 is 1.41 bits per heavy atom. The van der Waals surface area contributed by atoms with E-state index >= 15 is 0 Å². The third-order valence-corrected chi connectivity index (χ3v) is 3.09. The van der Waals surface area contributed by atoms with E-state index in [4.69, 9.17) is 0 Å². The zero-order valence-corrected chi connectivity index (χ0v) is 10.5. The first-order valence-electron chi connectivity index (χ1n) is 5.33. The molecule has 0 aliphatic carbocycles. The van der Waals surface area contributed by atoms with E-state index in [2.05, 4.69) is 0 Å². The Labute approximate surface area is 105 Å². The largest absolute Gasteiger partial charge is 0.299 e. The summed E-state index contributed by atoms with van der Waals surface area (Å²) >= 11 is 1.57. The maximum absolute atomic E-state index is 11.9. The van der Waals surface area contributed by atoms with Crippen LogP contribution in [0.25, 0.3) is 0 Å². The molecular formula is C12H15NO3S. The third-order valence-electron chi connectivity index (χ3n) is 2.47. The van der Waals surface area contributed by atoms with Crippen LogP contribution >= 0.6 is 11.8 Å². The predicted octanol–water partition coefficient (Wildman–Crippen LogP) is 2.37. The van der Waals surface area contributed by atoms with E-state index in [0.717, 1.165) is 5.56 Å². The average Bonchev–Trinajstić information content (AvgIpc) is 2.34. The van der Waals surface area contributed by atoms with Gasteiger partial charge in [0.1, 0.15) is 11.7 Å². The number of benzene rings is 1. The topological polar surface area (TPSA) is 60.2 Å². The summed E-state index contributed by atoms with van der Waals surface area (Å²) in [4.78, 5) is 22.1. The monoisotopic (exact) mass is 253 g/mol. The molecular weight excluding hydrogens is 238 g/mol. The molecule has 4 nitrogen and oxygen atoms in total. The lowest BCUT2D eigenvalue weighted by Crippen LogP contribution is -2.21. The molecule has 0 radical (unpaired) electrons. The van der Waals surface area contributed by atoms with Gasteiger partial charge in [0.05, 0.1) is 0 Å². The second kappa shape index (κ2) is 7.06. The molecule has 0 saturated carbocycles. The Morgan fingerprint density at radius 3 is 2.59 bits per heavy atom. The van der Waals surface area contributed by atoms with Crippen molar-refractivity contribution in [2.45, 2.75) is 12.3 Å². The van der Waals surface area contributed by atoms with Crippen LogP contribution in [-0.2, 0) is 4.79 Å². The Kier molecular flexibility index (Phi) is 5.69. The van der Waals surface area contributed by atoms with Crippen molar-refractivity contribution in [3.63, 3.8) is 0 Å². The van der Waals surface area contributed by atoms with Gasteiger partial charge < -0.3 is 0 Å². The van der Waals surface area contributed by atoms with Gasteiger partial charge in [0.15, 0.2) is 0 Å². The average molecular weight is 253 g/mol. The number of ketones is 1. The zero-order chi connectivity index (χ0) is 12.7. The van der Waals surface area contributed by atoms with Crippen LogP contribution in [0, 0.1) is 10.1 Å². The van der Waals surface area contributed by atoms with E-state index in [1.807, 2.05) is 12.3 Å². The van der Waals surface area contributed by atoms with Gasteiger partial charge in [-0.25, -0.2) is 0 Å². The molecule has 0 N–H and O–H groups in total. The number of Topliss-reactive ketones (excluding diaryl/α,β-unsaturated/α-hetero) is 1. The minimum absolute atomic E-state index is 0.0535. The normalized spacial score (nSPS) is 12.1. The van der Waals surface area contributed by atoms with E-state index in [-0.39, 0.29) is 12.3 Å². The molecule has 0 fully saturated rings. The molecule has 0 saturated heterocycles. The van der Waals surface area contributed by atoms with Crippen LogP contribution in [0.1, 0.15) is 17.9 Å². The van der Waals surface area contributed by atoms with Crippen LogP contribution in [0.3, 0.4) is 0 Å². The number of carbonyl (C=O) groups excluding carboxylic acids is 1. The van der Waals surface area contributed by atoms with E-state index in [0.29, 0.717) is 12.2 Å². The number of rotatable bonds is 7. The summed E-state index contributed by atoms with van der Waals surface area (Å²) in [6.45, 7) is -0.322. The van der Waals surface area contributed by atoms with Gasteiger partial charge in [-0.15, -0.1) is 0 Å². The van der Waals surface area contributed by atoms with Crippen LogP contribution in [0.15, 0.2) is 30.3 Å². The highest BCUT2D eigenvalue weighted by Gasteiger charge is 2.24. The van der Waals surface area contributed by atoms with Gasteiger partial charge in [-0.2, -0.15) is 11.8 Å². The lowest BCUT2D eigenvalue weighted by atomic mass is 9.93. The van der Waals surface area contributed by atoms with Crippen LogP contribution in [0.5, 0.6) is 0 Å². The maximum atomic E-state index is 11.9. The summed E-state index contributed by atoms with van der Waals surface area (Å²) in [6, 6.07) is 8.96. The van der Waals surface area contributed by atoms with Crippen molar-refractivity contribution in [1.82, 2.24) is 0 Å². The van der Waals surface area contributed by atoms with Gasteiger partial charge in [0, 0.05) is 11.3 Å². The number of nitrogens with zero attached hydrogens (tertiary/aromatic N) is 1. The lowest BCUT2D eigenvalue weighted by Gasteiger charge is -2.11. The minimum atomic E-state index is -0.613. The smallest absolute Gasteiger partial charge is 0.217 e. The van der Waals surface area contributed by atoms with Crippen molar-refractivity contribution in [2.75, 3.05) is 18.6 Å². The van der Waals surface area contributed by atoms with E-state index in [1.54, 1.807) is 36.0 Å². The number of carbonyl (C=O) groups is 1. The summed E-state index contributed by atoms with van der Waals surface area (Å²) in [5, 5.41) is 10.6. The van der Waals surface area contributed by atoms with Crippen molar-refractivity contribution >= 4 is 17.5 Å². The molecule has 0 heterocycles. The zero-order valence-electron chi connectivity index (χ0n) is 9.67. The van der Waals surface area contributed by atoms with E-state index in [9.17, 15) is 14.9 Å². The number of thioether (sulfide) groups is 1. The number of hydrogen-bond donors (Lipinski definition) is 0. The van der Waals surface area contributed by atoms with Gasteiger partial charge in [-0.3, -0.25) is 14.9 Å². The standard InChI is InChI=1S/C12H15NO3S/c1-17-8-7-12(14)11(9-13(15)16)10-5-3-2-4-6-10/h2-6,11H,7-9H2,1H3/t11-/m0/s1. The molecule has 1 aromatic rings. The first-order valence-corrected chi connectivity index (χ1v) is 6.73. The van der Waals surface area contributed by atoms with E-state index in [1.165, 1.54) is 0 Å². The summed E-state index contributed by atoms with van der Waals surface area (Å²) in [7, 11) is 0. The Hall–Kier alpha value is -1.36. The molecule has 5 heteroatoms. The summed E-state index contributed by atoms with van der Waals surface area (Å²) in [6.07, 6.45) is 2.30.